The number of sulfonamides is 1. The Labute approximate surface area is 157 Å². The van der Waals surface area contributed by atoms with Gasteiger partial charge in [-0.2, -0.15) is 0 Å². The molecule has 142 valence electrons. The molecule has 0 atom stereocenters. The normalized spacial score (nSPS) is 16.0. The van der Waals surface area contributed by atoms with Crippen LogP contribution in [0.25, 0.3) is 0 Å². The van der Waals surface area contributed by atoms with E-state index < -0.39 is 14.9 Å². The first-order chi connectivity index (χ1) is 12.8. The lowest BCUT2D eigenvalue weighted by Gasteiger charge is -2.28. The molecule has 1 heterocycles. The van der Waals surface area contributed by atoms with Gasteiger partial charge in [-0.1, -0.05) is 0 Å². The standard InChI is InChI=1S/C18H19N3O5S/c1-13-12-16(21(23)24)8-9-17(13)19-18(22)14-4-6-15(7-5-14)20-10-2-3-11-27(20,25)26/h4-9,12H,2-3,10-11H2,1H3,(H,19,22). The van der Waals surface area contributed by atoms with Crippen molar-refractivity contribution in [3.63, 3.8) is 0 Å². The number of aryl methyl sites for hydroxylation is 1. The van der Waals surface area contributed by atoms with Crippen molar-refractivity contribution in [2.24, 2.45) is 0 Å². The van der Waals surface area contributed by atoms with Gasteiger partial charge >= 0.3 is 0 Å². The van der Waals surface area contributed by atoms with E-state index in [0.717, 1.165) is 6.42 Å². The molecule has 1 saturated heterocycles. The van der Waals surface area contributed by atoms with E-state index in [1.807, 2.05) is 0 Å². The van der Waals surface area contributed by atoms with E-state index in [2.05, 4.69) is 5.32 Å². The molecular weight excluding hydrogens is 370 g/mol. The molecule has 8 nitrogen and oxygen atoms in total. The Morgan fingerprint density at radius 3 is 2.44 bits per heavy atom. The van der Waals surface area contributed by atoms with Crippen LogP contribution in [0.15, 0.2) is 42.5 Å². The lowest BCUT2D eigenvalue weighted by atomic mass is 10.1. The molecule has 0 bridgehead atoms. The highest BCUT2D eigenvalue weighted by atomic mass is 32.2. The number of rotatable bonds is 4. The summed E-state index contributed by atoms with van der Waals surface area (Å²) in [4.78, 5) is 22.7. The zero-order valence-corrected chi connectivity index (χ0v) is 15.5. The number of benzene rings is 2. The molecule has 1 aliphatic rings. The first-order valence-electron chi connectivity index (χ1n) is 8.45. The van der Waals surface area contributed by atoms with Crippen molar-refractivity contribution in [1.29, 1.82) is 0 Å². The fourth-order valence-electron chi connectivity index (χ4n) is 2.95. The maximum atomic E-state index is 12.4. The van der Waals surface area contributed by atoms with Crippen LogP contribution in [0.1, 0.15) is 28.8 Å². The summed E-state index contributed by atoms with van der Waals surface area (Å²) in [7, 11) is -3.30. The van der Waals surface area contributed by atoms with Crippen LogP contribution in [0.4, 0.5) is 17.1 Å². The molecule has 2 aromatic rings. The van der Waals surface area contributed by atoms with Gasteiger partial charge in [-0.3, -0.25) is 19.2 Å². The molecule has 0 spiro atoms. The topological polar surface area (TPSA) is 110 Å². The van der Waals surface area contributed by atoms with Crippen LogP contribution < -0.4 is 9.62 Å². The predicted octanol–water partition coefficient (Wildman–Crippen LogP) is 3.09. The number of anilines is 2. The highest BCUT2D eigenvalue weighted by Crippen LogP contribution is 2.25. The van der Waals surface area contributed by atoms with Crippen molar-refractivity contribution in [3.8, 4) is 0 Å². The maximum absolute atomic E-state index is 12.4. The van der Waals surface area contributed by atoms with Crippen LogP contribution in [0.3, 0.4) is 0 Å². The molecule has 1 N–H and O–H groups in total. The van der Waals surface area contributed by atoms with Gasteiger partial charge in [0.15, 0.2) is 0 Å². The predicted molar refractivity (Wildman–Crippen MR) is 103 cm³/mol. The number of carbonyl (C=O) groups is 1. The molecule has 1 amide bonds. The third-order valence-corrected chi connectivity index (χ3v) is 6.31. The Morgan fingerprint density at radius 2 is 1.85 bits per heavy atom. The van der Waals surface area contributed by atoms with Crippen molar-refractivity contribution in [2.75, 3.05) is 21.9 Å². The summed E-state index contributed by atoms with van der Waals surface area (Å²) in [5.74, 6) is -0.241. The van der Waals surface area contributed by atoms with Gasteiger partial charge in [0.2, 0.25) is 10.0 Å². The Morgan fingerprint density at radius 1 is 1.15 bits per heavy atom. The van der Waals surface area contributed by atoms with Gasteiger partial charge in [0.05, 0.1) is 16.4 Å². The van der Waals surface area contributed by atoms with E-state index in [1.54, 1.807) is 31.2 Å². The number of nitrogens with zero attached hydrogens (tertiary/aromatic N) is 2. The monoisotopic (exact) mass is 389 g/mol. The van der Waals surface area contributed by atoms with Crippen LogP contribution in [-0.4, -0.2) is 31.5 Å². The SMILES string of the molecule is Cc1cc([N+](=O)[O-])ccc1NC(=O)c1ccc(N2CCCCS2(=O)=O)cc1. The zero-order chi connectivity index (χ0) is 19.6. The van der Waals surface area contributed by atoms with Crippen LogP contribution in [0.2, 0.25) is 0 Å². The van der Waals surface area contributed by atoms with Gasteiger partial charge in [-0.05, 0) is 55.7 Å². The summed E-state index contributed by atoms with van der Waals surface area (Å²) in [6, 6.07) is 10.6. The Balaban J connectivity index is 1.75. The van der Waals surface area contributed by atoms with E-state index in [1.165, 1.54) is 22.5 Å². The lowest BCUT2D eigenvalue weighted by Crippen LogP contribution is -2.37. The van der Waals surface area contributed by atoms with E-state index in [9.17, 15) is 23.3 Å². The van der Waals surface area contributed by atoms with E-state index >= 15 is 0 Å². The zero-order valence-electron chi connectivity index (χ0n) is 14.7. The number of carbonyl (C=O) groups excluding carboxylic acids is 1. The Kier molecular flexibility index (Phi) is 5.13. The minimum absolute atomic E-state index is 0.0439. The summed E-state index contributed by atoms with van der Waals surface area (Å²) in [5, 5.41) is 13.5. The number of non-ortho nitro benzene ring substituents is 1. The van der Waals surface area contributed by atoms with Gasteiger partial charge in [-0.25, -0.2) is 8.42 Å². The van der Waals surface area contributed by atoms with E-state index in [0.29, 0.717) is 35.5 Å². The van der Waals surface area contributed by atoms with E-state index in [4.69, 9.17) is 0 Å². The van der Waals surface area contributed by atoms with Crippen LogP contribution in [0, 0.1) is 17.0 Å². The second kappa shape index (κ2) is 7.36. The first-order valence-corrected chi connectivity index (χ1v) is 10.1. The van der Waals surface area contributed by atoms with Crippen molar-refractivity contribution >= 4 is 33.0 Å². The third kappa shape index (κ3) is 4.08. The molecule has 0 unspecified atom stereocenters. The molecule has 1 fully saturated rings. The van der Waals surface area contributed by atoms with Gasteiger partial charge < -0.3 is 5.32 Å². The second-order valence-electron chi connectivity index (χ2n) is 6.35. The average molecular weight is 389 g/mol. The number of nitro groups is 1. The molecule has 3 rings (SSSR count). The molecule has 0 aliphatic carbocycles. The number of nitro benzene ring substituents is 1. The van der Waals surface area contributed by atoms with E-state index in [-0.39, 0.29) is 17.3 Å². The summed E-state index contributed by atoms with van der Waals surface area (Å²) in [6.45, 7) is 2.11. The minimum Gasteiger partial charge on any atom is -0.322 e. The van der Waals surface area contributed by atoms with Gasteiger partial charge in [0.25, 0.3) is 11.6 Å². The molecule has 0 saturated carbocycles. The molecule has 1 aliphatic heterocycles. The van der Waals surface area contributed by atoms with Crippen LogP contribution in [-0.2, 0) is 10.0 Å². The quantitative estimate of drug-likeness (QED) is 0.638. The van der Waals surface area contributed by atoms with Crippen molar-refractivity contribution in [3.05, 3.63) is 63.7 Å². The van der Waals surface area contributed by atoms with Crippen LogP contribution >= 0.6 is 0 Å². The van der Waals surface area contributed by atoms with Crippen molar-refractivity contribution < 1.29 is 18.1 Å². The fourth-order valence-corrected chi connectivity index (χ4v) is 4.59. The van der Waals surface area contributed by atoms with Crippen molar-refractivity contribution in [1.82, 2.24) is 0 Å². The highest BCUT2D eigenvalue weighted by molar-refractivity contribution is 7.92. The molecule has 9 heteroatoms. The number of nitrogens with one attached hydrogen (secondary N) is 1. The first kappa shape index (κ1) is 18.8. The number of amides is 1. The van der Waals surface area contributed by atoms with Gasteiger partial charge in [0.1, 0.15) is 0 Å². The van der Waals surface area contributed by atoms with Crippen LogP contribution in [0.5, 0.6) is 0 Å². The molecule has 0 aromatic heterocycles. The fraction of sp³-hybridized carbons (Fsp3) is 0.278. The Bertz CT molecular complexity index is 987. The molecule has 27 heavy (non-hydrogen) atoms. The summed E-state index contributed by atoms with van der Waals surface area (Å²) >= 11 is 0. The van der Waals surface area contributed by atoms with Gasteiger partial charge in [0, 0.05) is 29.9 Å². The summed E-state index contributed by atoms with van der Waals surface area (Å²) in [6.07, 6.45) is 1.47. The maximum Gasteiger partial charge on any atom is 0.269 e. The smallest absolute Gasteiger partial charge is 0.269 e. The van der Waals surface area contributed by atoms with Crippen molar-refractivity contribution in [2.45, 2.75) is 19.8 Å². The third-order valence-electron chi connectivity index (χ3n) is 4.44. The summed E-state index contributed by atoms with van der Waals surface area (Å²) in [5.41, 5.74) is 1.92. The lowest BCUT2D eigenvalue weighted by molar-refractivity contribution is -0.384. The Hall–Kier alpha value is -2.94. The second-order valence-corrected chi connectivity index (χ2v) is 8.37. The average Bonchev–Trinajstić information content (AvgIpc) is 2.63. The molecular formula is C18H19N3O5S. The largest absolute Gasteiger partial charge is 0.322 e. The number of hydrogen-bond donors (Lipinski definition) is 1. The highest BCUT2D eigenvalue weighted by Gasteiger charge is 2.26. The number of hydrogen-bond acceptors (Lipinski definition) is 5. The summed E-state index contributed by atoms with van der Waals surface area (Å²) < 4.78 is 25.7. The molecule has 2 aromatic carbocycles. The molecule has 0 radical (unpaired) electrons. The minimum atomic E-state index is -3.30. The van der Waals surface area contributed by atoms with Gasteiger partial charge in [-0.15, -0.1) is 0 Å².